The average molecular weight is 272 g/mol. The van der Waals surface area contributed by atoms with Crippen LogP contribution in [0.3, 0.4) is 0 Å². The molecule has 0 spiro atoms. The predicted octanol–water partition coefficient (Wildman–Crippen LogP) is 1.93. The molecule has 0 atom stereocenters. The molecule has 0 saturated heterocycles. The first kappa shape index (κ1) is 12.2. The van der Waals surface area contributed by atoms with Crippen LogP contribution in [0.4, 0.5) is 4.39 Å². The van der Waals surface area contributed by atoms with E-state index in [1.54, 1.807) is 25.1 Å². The van der Waals surface area contributed by atoms with Gasteiger partial charge >= 0.3 is 5.76 Å². The summed E-state index contributed by atoms with van der Waals surface area (Å²) in [6.45, 7) is 1.70. The van der Waals surface area contributed by atoms with Crippen LogP contribution < -0.4 is 5.76 Å². The van der Waals surface area contributed by atoms with Gasteiger partial charge in [-0.05, 0) is 25.1 Å². The molecule has 0 bridgehead atoms. The van der Waals surface area contributed by atoms with Crippen LogP contribution in [-0.4, -0.2) is 20.1 Å². The molecular formula is C13H9FN4O2. The first-order valence-electron chi connectivity index (χ1n) is 5.79. The summed E-state index contributed by atoms with van der Waals surface area (Å²) in [5.74, 6) is -0.400. The van der Waals surface area contributed by atoms with E-state index in [9.17, 15) is 9.18 Å². The number of benzene rings is 1. The molecule has 0 aliphatic heterocycles. The van der Waals surface area contributed by atoms with Gasteiger partial charge in [-0.15, -0.1) is 0 Å². The summed E-state index contributed by atoms with van der Waals surface area (Å²) < 4.78 is 17.8. The fourth-order valence-corrected chi connectivity index (χ4v) is 1.82. The molecule has 100 valence electrons. The zero-order chi connectivity index (χ0) is 14.1. The number of H-pyrrole nitrogens is 1. The second kappa shape index (κ2) is 4.69. The molecule has 1 aromatic carbocycles. The van der Waals surface area contributed by atoms with E-state index in [0.717, 1.165) is 0 Å². The molecule has 1 N–H and O–H groups in total. The molecule has 0 saturated carbocycles. The summed E-state index contributed by atoms with van der Waals surface area (Å²) >= 11 is 0. The molecule has 0 fully saturated rings. The normalized spacial score (nSPS) is 10.7. The fraction of sp³-hybridized carbons (Fsp3) is 0.0769. The summed E-state index contributed by atoms with van der Waals surface area (Å²) in [7, 11) is 0. The quantitative estimate of drug-likeness (QED) is 0.770. The zero-order valence-electron chi connectivity index (χ0n) is 10.4. The molecule has 3 rings (SSSR count). The standard InChI is InChI=1S/C13H9FN4O2/c1-7-15-10(8-3-2-4-9(14)5-8)6-11(16-7)12-17-13(19)20-18-12/h2-6H,1H3,(H,17,18,19). The van der Waals surface area contributed by atoms with Crippen LogP contribution in [0.5, 0.6) is 0 Å². The lowest BCUT2D eigenvalue weighted by Crippen LogP contribution is -1.98. The topological polar surface area (TPSA) is 84.7 Å². The van der Waals surface area contributed by atoms with E-state index < -0.39 is 5.76 Å². The Morgan fingerprint density at radius 1 is 1.15 bits per heavy atom. The molecule has 6 nitrogen and oxygen atoms in total. The Hall–Kier alpha value is -2.83. The average Bonchev–Trinajstić information content (AvgIpc) is 2.85. The summed E-state index contributed by atoms with van der Waals surface area (Å²) in [6, 6.07) is 7.67. The molecule has 0 aliphatic rings. The van der Waals surface area contributed by atoms with Crippen molar-refractivity contribution in [1.29, 1.82) is 0 Å². The van der Waals surface area contributed by atoms with Crippen LogP contribution in [0.15, 0.2) is 39.6 Å². The lowest BCUT2D eigenvalue weighted by Gasteiger charge is -2.04. The third-order valence-electron chi connectivity index (χ3n) is 2.64. The summed E-state index contributed by atoms with van der Waals surface area (Å²) in [5.41, 5.74) is 1.56. The van der Waals surface area contributed by atoms with Gasteiger partial charge in [0.05, 0.1) is 5.69 Å². The number of halogens is 1. The van der Waals surface area contributed by atoms with E-state index >= 15 is 0 Å². The second-order valence-electron chi connectivity index (χ2n) is 4.13. The maximum atomic E-state index is 13.3. The van der Waals surface area contributed by atoms with Crippen molar-refractivity contribution < 1.29 is 8.91 Å². The summed E-state index contributed by atoms with van der Waals surface area (Å²) in [4.78, 5) is 23.0. The van der Waals surface area contributed by atoms with Crippen molar-refractivity contribution >= 4 is 0 Å². The third kappa shape index (κ3) is 2.33. The lowest BCUT2D eigenvalue weighted by molar-refractivity contribution is 0.387. The Kier molecular flexibility index (Phi) is 2.86. The summed E-state index contributed by atoms with van der Waals surface area (Å²) in [5, 5.41) is 2.38. The summed E-state index contributed by atoms with van der Waals surface area (Å²) in [6.07, 6.45) is 0. The monoisotopic (exact) mass is 272 g/mol. The molecule has 2 heterocycles. The van der Waals surface area contributed by atoms with Crippen LogP contribution in [0.1, 0.15) is 5.82 Å². The van der Waals surface area contributed by atoms with Gasteiger partial charge in [-0.2, -0.15) is 10.1 Å². The van der Waals surface area contributed by atoms with Gasteiger partial charge in [-0.25, -0.2) is 19.2 Å². The van der Waals surface area contributed by atoms with Gasteiger partial charge < -0.3 is 4.52 Å². The van der Waals surface area contributed by atoms with Crippen LogP contribution in [0.25, 0.3) is 22.8 Å². The van der Waals surface area contributed by atoms with Gasteiger partial charge in [0.25, 0.3) is 0 Å². The smallest absolute Gasteiger partial charge is 0.321 e. The van der Waals surface area contributed by atoms with Crippen molar-refractivity contribution in [3.63, 3.8) is 0 Å². The zero-order valence-corrected chi connectivity index (χ0v) is 10.4. The molecule has 0 amide bonds. The van der Waals surface area contributed by atoms with Crippen molar-refractivity contribution in [3.8, 4) is 22.8 Å². The van der Waals surface area contributed by atoms with Crippen molar-refractivity contribution in [2.75, 3.05) is 0 Å². The SMILES string of the molecule is Cc1nc(-c2cccc(F)c2)cc(-c2nc(=O)o[nH]2)n1. The van der Waals surface area contributed by atoms with E-state index in [2.05, 4.69) is 24.6 Å². The molecule has 20 heavy (non-hydrogen) atoms. The van der Waals surface area contributed by atoms with E-state index in [-0.39, 0.29) is 11.6 Å². The van der Waals surface area contributed by atoms with Gasteiger partial charge in [0.1, 0.15) is 17.3 Å². The van der Waals surface area contributed by atoms with Gasteiger partial charge in [-0.3, -0.25) is 0 Å². The van der Waals surface area contributed by atoms with E-state index in [1.165, 1.54) is 12.1 Å². The Bertz CT molecular complexity index is 825. The van der Waals surface area contributed by atoms with Crippen LogP contribution in [-0.2, 0) is 0 Å². The number of hydrogen-bond donors (Lipinski definition) is 1. The highest BCUT2D eigenvalue weighted by atomic mass is 19.1. The molecule has 0 unspecified atom stereocenters. The Balaban J connectivity index is 2.14. The van der Waals surface area contributed by atoms with E-state index in [1.807, 2.05) is 0 Å². The second-order valence-corrected chi connectivity index (χ2v) is 4.13. The number of rotatable bonds is 2. The Morgan fingerprint density at radius 2 is 1.95 bits per heavy atom. The number of nitrogens with zero attached hydrogens (tertiary/aromatic N) is 3. The van der Waals surface area contributed by atoms with Gasteiger partial charge in [0.2, 0.25) is 0 Å². The Morgan fingerprint density at radius 3 is 2.65 bits per heavy atom. The molecular weight excluding hydrogens is 263 g/mol. The van der Waals surface area contributed by atoms with Crippen LogP contribution in [0.2, 0.25) is 0 Å². The highest BCUT2D eigenvalue weighted by molar-refractivity contribution is 5.64. The first-order chi connectivity index (χ1) is 9.61. The number of nitrogens with one attached hydrogen (secondary N) is 1. The number of hydrogen-bond acceptors (Lipinski definition) is 5. The highest BCUT2D eigenvalue weighted by Gasteiger charge is 2.10. The minimum Gasteiger partial charge on any atom is -0.321 e. The fourth-order valence-electron chi connectivity index (χ4n) is 1.82. The van der Waals surface area contributed by atoms with Crippen molar-refractivity contribution in [2.45, 2.75) is 6.92 Å². The number of aromatic amines is 1. The van der Waals surface area contributed by atoms with E-state index in [0.29, 0.717) is 22.8 Å². The lowest BCUT2D eigenvalue weighted by atomic mass is 10.1. The maximum absolute atomic E-state index is 13.3. The van der Waals surface area contributed by atoms with Gasteiger partial charge in [0, 0.05) is 5.56 Å². The molecule has 7 heteroatoms. The third-order valence-corrected chi connectivity index (χ3v) is 2.64. The molecule has 3 aromatic rings. The predicted molar refractivity (Wildman–Crippen MR) is 68.3 cm³/mol. The highest BCUT2D eigenvalue weighted by Crippen LogP contribution is 2.21. The van der Waals surface area contributed by atoms with Crippen molar-refractivity contribution in [3.05, 3.63) is 52.5 Å². The first-order valence-corrected chi connectivity index (χ1v) is 5.79. The number of aromatic nitrogens is 4. The number of aryl methyl sites for hydroxylation is 1. The maximum Gasteiger partial charge on any atom is 0.460 e. The van der Waals surface area contributed by atoms with Gasteiger partial charge in [0.15, 0.2) is 5.82 Å². The van der Waals surface area contributed by atoms with Crippen LogP contribution in [0, 0.1) is 12.7 Å². The molecule has 2 aromatic heterocycles. The van der Waals surface area contributed by atoms with Crippen molar-refractivity contribution in [1.82, 2.24) is 20.1 Å². The molecule has 0 radical (unpaired) electrons. The van der Waals surface area contributed by atoms with E-state index in [4.69, 9.17) is 0 Å². The largest absolute Gasteiger partial charge is 0.460 e. The minimum absolute atomic E-state index is 0.207. The van der Waals surface area contributed by atoms with Crippen LogP contribution >= 0.6 is 0 Å². The minimum atomic E-state index is -0.733. The van der Waals surface area contributed by atoms with Gasteiger partial charge in [-0.1, -0.05) is 12.1 Å². The van der Waals surface area contributed by atoms with Crippen molar-refractivity contribution in [2.24, 2.45) is 0 Å². The molecule has 0 aliphatic carbocycles. The Labute approximate surface area is 112 Å².